The Morgan fingerprint density at radius 3 is 1.94 bits per heavy atom. The van der Waals surface area contributed by atoms with Gasteiger partial charge in [0.2, 0.25) is 17.7 Å². The van der Waals surface area contributed by atoms with Gasteiger partial charge in [0, 0.05) is 19.0 Å². The van der Waals surface area contributed by atoms with E-state index >= 15 is 0 Å². The Morgan fingerprint density at radius 2 is 1.42 bits per heavy atom. The second kappa shape index (κ2) is 20.3. The number of nitrogens with one attached hydrogen (secondary N) is 4. The number of aliphatic carboxylic acids is 1. The summed E-state index contributed by atoms with van der Waals surface area (Å²) in [5.41, 5.74) is 0.603. The van der Waals surface area contributed by atoms with Crippen LogP contribution in [0, 0.1) is 0 Å². The van der Waals surface area contributed by atoms with Crippen molar-refractivity contribution >= 4 is 23.7 Å². The number of aromatic amines is 1. The molecule has 0 saturated heterocycles. The standard InChI is InChI=1S/C26H45N5O5/c1-2-3-4-5-6-7-8-9-10-11-12-13-14-15-23(32)31-22(16-21-17-27-20-30-21)26(36)29-18-24(33)28-19-25(34)35/h17,20,22H,2-16,18-19H2,1H3,(H,27,30)(H,28,33)(H,29,36)(H,31,32)(H,34,35)/t22-/m0/s1. The first kappa shape index (κ1) is 31.1. The molecule has 1 rings (SSSR count). The summed E-state index contributed by atoms with van der Waals surface area (Å²) >= 11 is 0. The number of imidazole rings is 1. The monoisotopic (exact) mass is 507 g/mol. The van der Waals surface area contributed by atoms with Gasteiger partial charge >= 0.3 is 5.97 Å². The molecule has 0 unspecified atom stereocenters. The highest BCUT2D eigenvalue weighted by Crippen LogP contribution is 2.13. The van der Waals surface area contributed by atoms with Gasteiger partial charge in [-0.1, -0.05) is 84.0 Å². The maximum absolute atomic E-state index is 12.6. The summed E-state index contributed by atoms with van der Waals surface area (Å²) in [6.45, 7) is 1.34. The lowest BCUT2D eigenvalue weighted by Gasteiger charge is -2.17. The third kappa shape index (κ3) is 16.7. The summed E-state index contributed by atoms with van der Waals surface area (Å²) in [4.78, 5) is 54.1. The number of carboxylic acid groups (broad SMARTS) is 1. The van der Waals surface area contributed by atoms with E-state index < -0.39 is 30.4 Å². The van der Waals surface area contributed by atoms with Gasteiger partial charge in [0.15, 0.2) is 0 Å². The molecule has 5 N–H and O–H groups in total. The number of carbonyl (C=O) groups is 4. The van der Waals surface area contributed by atoms with Crippen molar-refractivity contribution in [1.82, 2.24) is 25.9 Å². The lowest BCUT2D eigenvalue weighted by Crippen LogP contribution is -2.50. The molecule has 0 aromatic carbocycles. The number of hydrogen-bond acceptors (Lipinski definition) is 5. The van der Waals surface area contributed by atoms with Crippen molar-refractivity contribution in [3.05, 3.63) is 18.2 Å². The Balaban J connectivity index is 2.23. The minimum absolute atomic E-state index is 0.177. The van der Waals surface area contributed by atoms with Crippen LogP contribution in [0.25, 0.3) is 0 Å². The summed E-state index contributed by atoms with van der Waals surface area (Å²) in [6, 6.07) is -0.880. The Labute approximate surface area is 214 Å². The molecule has 10 heteroatoms. The highest BCUT2D eigenvalue weighted by molar-refractivity contribution is 5.91. The van der Waals surface area contributed by atoms with Crippen molar-refractivity contribution in [3.63, 3.8) is 0 Å². The van der Waals surface area contributed by atoms with Gasteiger partial charge in [-0.05, 0) is 6.42 Å². The lowest BCUT2D eigenvalue weighted by atomic mass is 10.0. The van der Waals surface area contributed by atoms with Crippen molar-refractivity contribution in [2.45, 2.75) is 109 Å². The normalized spacial score (nSPS) is 11.6. The average molecular weight is 508 g/mol. The molecule has 1 aromatic heterocycles. The maximum Gasteiger partial charge on any atom is 0.322 e. The third-order valence-electron chi connectivity index (χ3n) is 5.99. The topological polar surface area (TPSA) is 153 Å². The molecule has 1 heterocycles. The van der Waals surface area contributed by atoms with Gasteiger partial charge in [0.1, 0.15) is 12.6 Å². The van der Waals surface area contributed by atoms with E-state index in [1.807, 2.05) is 0 Å². The molecule has 0 aliphatic carbocycles. The van der Waals surface area contributed by atoms with E-state index in [-0.39, 0.29) is 18.9 Å². The highest BCUT2D eigenvalue weighted by atomic mass is 16.4. The van der Waals surface area contributed by atoms with Crippen molar-refractivity contribution in [3.8, 4) is 0 Å². The van der Waals surface area contributed by atoms with Crippen LogP contribution in [0.1, 0.15) is 103 Å². The van der Waals surface area contributed by atoms with Crippen LogP contribution >= 0.6 is 0 Å². The van der Waals surface area contributed by atoms with E-state index in [1.54, 1.807) is 6.20 Å². The number of nitrogens with zero attached hydrogens (tertiary/aromatic N) is 1. The van der Waals surface area contributed by atoms with E-state index in [9.17, 15) is 19.2 Å². The largest absolute Gasteiger partial charge is 0.480 e. The van der Waals surface area contributed by atoms with Crippen LogP contribution in [0.3, 0.4) is 0 Å². The predicted octanol–water partition coefficient (Wildman–Crippen LogP) is 3.24. The molecule has 10 nitrogen and oxygen atoms in total. The minimum Gasteiger partial charge on any atom is -0.480 e. The van der Waals surface area contributed by atoms with Gasteiger partial charge in [-0.2, -0.15) is 0 Å². The number of carbonyl (C=O) groups excluding carboxylic acids is 3. The number of aromatic nitrogens is 2. The number of unbranched alkanes of at least 4 members (excludes halogenated alkanes) is 12. The Bertz CT molecular complexity index is 754. The third-order valence-corrected chi connectivity index (χ3v) is 5.99. The van der Waals surface area contributed by atoms with Gasteiger partial charge in [0.25, 0.3) is 0 Å². The first-order valence-electron chi connectivity index (χ1n) is 13.5. The SMILES string of the molecule is CCCCCCCCCCCCCCCC(=O)N[C@@H](Cc1c[nH]cn1)C(=O)NCC(=O)NCC(=O)O. The fourth-order valence-corrected chi connectivity index (χ4v) is 3.92. The number of amides is 3. The summed E-state index contributed by atoms with van der Waals surface area (Å²) in [7, 11) is 0. The van der Waals surface area contributed by atoms with Crippen LogP contribution in [0.5, 0.6) is 0 Å². The molecule has 0 spiro atoms. The van der Waals surface area contributed by atoms with Crippen LogP contribution < -0.4 is 16.0 Å². The van der Waals surface area contributed by atoms with Crippen LogP contribution in [0.2, 0.25) is 0 Å². The fourth-order valence-electron chi connectivity index (χ4n) is 3.92. The van der Waals surface area contributed by atoms with E-state index in [4.69, 9.17) is 5.11 Å². The fraction of sp³-hybridized carbons (Fsp3) is 0.731. The van der Waals surface area contributed by atoms with Crippen LogP contribution in [-0.4, -0.2) is 57.9 Å². The van der Waals surface area contributed by atoms with Gasteiger partial charge < -0.3 is 26.0 Å². The van der Waals surface area contributed by atoms with Gasteiger partial charge in [-0.3, -0.25) is 19.2 Å². The Morgan fingerprint density at radius 1 is 0.833 bits per heavy atom. The van der Waals surface area contributed by atoms with Crippen molar-refractivity contribution in [2.75, 3.05) is 13.1 Å². The summed E-state index contributed by atoms with van der Waals surface area (Å²) in [5, 5.41) is 16.0. The summed E-state index contributed by atoms with van der Waals surface area (Å²) in [5.74, 6) is -2.54. The molecule has 1 atom stereocenters. The number of H-pyrrole nitrogens is 1. The molecule has 1 aromatic rings. The van der Waals surface area contributed by atoms with E-state index in [0.29, 0.717) is 12.1 Å². The van der Waals surface area contributed by atoms with Gasteiger partial charge in [0.05, 0.1) is 18.6 Å². The maximum atomic E-state index is 12.6. The number of hydrogen-bond donors (Lipinski definition) is 5. The average Bonchev–Trinajstić information content (AvgIpc) is 3.36. The minimum atomic E-state index is -1.17. The predicted molar refractivity (Wildman–Crippen MR) is 138 cm³/mol. The summed E-state index contributed by atoms with van der Waals surface area (Å²) < 4.78 is 0. The zero-order chi connectivity index (χ0) is 26.4. The lowest BCUT2D eigenvalue weighted by molar-refractivity contribution is -0.138. The molecule has 0 aliphatic heterocycles. The molecule has 0 bridgehead atoms. The quantitative estimate of drug-likeness (QED) is 0.152. The highest BCUT2D eigenvalue weighted by Gasteiger charge is 2.22. The zero-order valence-electron chi connectivity index (χ0n) is 21.8. The number of carboxylic acids is 1. The van der Waals surface area contributed by atoms with Crippen molar-refractivity contribution in [2.24, 2.45) is 0 Å². The number of rotatable bonds is 22. The van der Waals surface area contributed by atoms with Crippen molar-refractivity contribution < 1.29 is 24.3 Å². The second-order valence-corrected chi connectivity index (χ2v) is 9.27. The van der Waals surface area contributed by atoms with Crippen LogP contribution in [-0.2, 0) is 25.6 Å². The second-order valence-electron chi connectivity index (χ2n) is 9.27. The first-order valence-corrected chi connectivity index (χ1v) is 13.5. The van der Waals surface area contributed by atoms with Gasteiger partial charge in [-0.15, -0.1) is 0 Å². The molecule has 204 valence electrons. The van der Waals surface area contributed by atoms with Gasteiger partial charge in [-0.25, -0.2) is 4.98 Å². The van der Waals surface area contributed by atoms with Crippen LogP contribution in [0.15, 0.2) is 12.5 Å². The molecule has 3 amide bonds. The zero-order valence-corrected chi connectivity index (χ0v) is 21.8. The molecule has 0 radical (unpaired) electrons. The molecule has 0 fully saturated rings. The molecule has 0 aliphatic rings. The molecular weight excluding hydrogens is 462 g/mol. The van der Waals surface area contributed by atoms with E-state index in [1.165, 1.54) is 70.5 Å². The smallest absolute Gasteiger partial charge is 0.322 e. The summed E-state index contributed by atoms with van der Waals surface area (Å²) in [6.07, 6.45) is 19.6. The molecule has 36 heavy (non-hydrogen) atoms. The van der Waals surface area contributed by atoms with E-state index in [0.717, 1.165) is 19.3 Å². The molecular formula is C26H45N5O5. The Hall–Kier alpha value is -2.91. The van der Waals surface area contributed by atoms with Crippen LogP contribution in [0.4, 0.5) is 0 Å². The molecule has 0 saturated carbocycles. The van der Waals surface area contributed by atoms with Crippen molar-refractivity contribution in [1.29, 1.82) is 0 Å². The van der Waals surface area contributed by atoms with E-state index in [2.05, 4.69) is 32.8 Å². The first-order chi connectivity index (χ1) is 17.4. The Kier molecular flexibility index (Phi) is 17.5.